The van der Waals surface area contributed by atoms with E-state index in [1.54, 1.807) is 26.0 Å². The number of fused-ring (bicyclic) bond motifs is 2. The van der Waals surface area contributed by atoms with Gasteiger partial charge >= 0.3 is 0 Å². The van der Waals surface area contributed by atoms with Crippen molar-refractivity contribution in [3.05, 3.63) is 58.9 Å². The second kappa shape index (κ2) is 7.17. The van der Waals surface area contributed by atoms with Gasteiger partial charge in [0.05, 0.1) is 11.3 Å². The van der Waals surface area contributed by atoms with E-state index < -0.39 is 26.0 Å². The zero-order valence-corrected chi connectivity index (χ0v) is 18.2. The van der Waals surface area contributed by atoms with Crippen LogP contribution >= 0.6 is 0 Å². The lowest BCUT2D eigenvalue weighted by Crippen LogP contribution is -2.56. The number of aromatic nitrogens is 1. The lowest BCUT2D eigenvalue weighted by molar-refractivity contribution is 0.102. The van der Waals surface area contributed by atoms with Crippen molar-refractivity contribution < 1.29 is 13.2 Å². The van der Waals surface area contributed by atoms with Crippen LogP contribution in [0.2, 0.25) is 0 Å². The molecular weight excluding hydrogens is 414 g/mol. The van der Waals surface area contributed by atoms with Crippen molar-refractivity contribution in [3.8, 4) is 6.07 Å². The molecule has 0 saturated carbocycles. The van der Waals surface area contributed by atoms with Gasteiger partial charge in [-0.3, -0.25) is 9.79 Å². The molecule has 1 amide bonds. The summed E-state index contributed by atoms with van der Waals surface area (Å²) in [5, 5.41) is 11.7. The van der Waals surface area contributed by atoms with Crippen molar-refractivity contribution in [1.82, 2.24) is 4.98 Å². The molecule has 1 spiro atoms. The normalized spacial score (nSPS) is 23.3. The van der Waals surface area contributed by atoms with Crippen molar-refractivity contribution in [1.29, 1.82) is 5.26 Å². The third kappa shape index (κ3) is 3.47. The summed E-state index contributed by atoms with van der Waals surface area (Å²) in [5.74, 6) is -0.424. The van der Waals surface area contributed by atoms with Crippen LogP contribution in [0.3, 0.4) is 0 Å². The number of anilines is 1. The number of benzene rings is 1. The third-order valence-electron chi connectivity index (χ3n) is 6.19. The molecule has 0 radical (unpaired) electrons. The molecule has 1 atom stereocenters. The standard InChI is InChI=1S/C22H23N5O3S/c1-21(2)20(24)27-22(13-31(21,29)30)9-3-4-15-6-7-16(10-17(15)22)26-19(28)18-8-5-14(11-23)12-25-18/h5-8,10,12H,3-4,9,13H2,1-2H3,(H2,24,27)(H,26,28). The van der Waals surface area contributed by atoms with Crippen molar-refractivity contribution in [3.63, 3.8) is 0 Å². The molecule has 0 fully saturated rings. The molecule has 31 heavy (non-hydrogen) atoms. The zero-order chi connectivity index (χ0) is 22.4. The molecule has 2 aliphatic rings. The summed E-state index contributed by atoms with van der Waals surface area (Å²) in [7, 11) is -3.53. The number of aliphatic imine (C=N–C) groups is 1. The van der Waals surface area contributed by atoms with Crippen LogP contribution in [-0.2, 0) is 21.8 Å². The third-order valence-corrected chi connectivity index (χ3v) is 8.81. The van der Waals surface area contributed by atoms with Gasteiger partial charge in [0.1, 0.15) is 27.9 Å². The molecule has 1 aromatic carbocycles. The fourth-order valence-corrected chi connectivity index (χ4v) is 5.84. The van der Waals surface area contributed by atoms with Gasteiger partial charge in [0.15, 0.2) is 9.84 Å². The number of nitrogens with zero attached hydrogens (tertiary/aromatic N) is 3. The van der Waals surface area contributed by atoms with Gasteiger partial charge < -0.3 is 11.1 Å². The summed E-state index contributed by atoms with van der Waals surface area (Å²) in [6.45, 7) is 3.16. The Morgan fingerprint density at radius 3 is 2.68 bits per heavy atom. The van der Waals surface area contributed by atoms with E-state index in [2.05, 4.69) is 10.3 Å². The number of aryl methyl sites for hydroxylation is 1. The maximum Gasteiger partial charge on any atom is 0.274 e. The number of pyridine rings is 1. The van der Waals surface area contributed by atoms with Gasteiger partial charge in [0, 0.05) is 11.9 Å². The van der Waals surface area contributed by atoms with Gasteiger partial charge in [0.25, 0.3) is 5.91 Å². The number of nitriles is 1. The Bertz CT molecular complexity index is 1240. The van der Waals surface area contributed by atoms with Gasteiger partial charge in [-0.1, -0.05) is 6.07 Å². The average Bonchev–Trinajstić information content (AvgIpc) is 2.73. The van der Waals surface area contributed by atoms with E-state index in [1.807, 2.05) is 12.1 Å². The van der Waals surface area contributed by atoms with Crippen LogP contribution in [0.5, 0.6) is 0 Å². The van der Waals surface area contributed by atoms with E-state index in [4.69, 9.17) is 16.0 Å². The Morgan fingerprint density at radius 1 is 1.26 bits per heavy atom. The topological polar surface area (TPSA) is 138 Å². The highest BCUT2D eigenvalue weighted by molar-refractivity contribution is 7.93. The maximum absolute atomic E-state index is 13.0. The molecule has 9 heteroatoms. The first kappa shape index (κ1) is 21.0. The molecule has 1 aliphatic heterocycles. The molecular formula is C22H23N5O3S. The van der Waals surface area contributed by atoms with Crippen LogP contribution in [0, 0.1) is 11.3 Å². The second-order valence-corrected chi connectivity index (χ2v) is 11.1. The van der Waals surface area contributed by atoms with E-state index in [0.29, 0.717) is 17.7 Å². The minimum absolute atomic E-state index is 0.114. The first-order valence-corrected chi connectivity index (χ1v) is 11.6. The second-order valence-electron chi connectivity index (χ2n) is 8.52. The number of sulfone groups is 1. The summed E-state index contributed by atoms with van der Waals surface area (Å²) in [4.78, 5) is 21.3. The SMILES string of the molecule is CC1(C)C(N)=NC2(CCCc3ccc(NC(=O)c4ccc(C#N)cn4)cc32)CS1(=O)=O. The largest absolute Gasteiger partial charge is 0.386 e. The predicted molar refractivity (Wildman–Crippen MR) is 117 cm³/mol. The van der Waals surface area contributed by atoms with Crippen LogP contribution in [0.4, 0.5) is 5.69 Å². The molecule has 2 heterocycles. The van der Waals surface area contributed by atoms with Crippen molar-refractivity contribution >= 4 is 27.3 Å². The van der Waals surface area contributed by atoms with Gasteiger partial charge in [-0.2, -0.15) is 5.26 Å². The maximum atomic E-state index is 13.0. The van der Waals surface area contributed by atoms with Crippen LogP contribution in [0.25, 0.3) is 0 Å². The number of nitrogens with one attached hydrogen (secondary N) is 1. The highest BCUT2D eigenvalue weighted by Crippen LogP contribution is 2.45. The Labute approximate surface area is 181 Å². The molecule has 160 valence electrons. The highest BCUT2D eigenvalue weighted by Gasteiger charge is 2.51. The summed E-state index contributed by atoms with van der Waals surface area (Å²) in [6.07, 6.45) is 3.52. The monoisotopic (exact) mass is 437 g/mol. The molecule has 8 nitrogen and oxygen atoms in total. The van der Waals surface area contributed by atoms with Crippen LogP contribution in [-0.4, -0.2) is 35.6 Å². The molecule has 1 aliphatic carbocycles. The van der Waals surface area contributed by atoms with E-state index in [1.165, 1.54) is 18.3 Å². The van der Waals surface area contributed by atoms with Gasteiger partial charge in [-0.15, -0.1) is 0 Å². The fraction of sp³-hybridized carbons (Fsp3) is 0.364. The Balaban J connectivity index is 1.71. The van der Waals surface area contributed by atoms with Crippen LogP contribution < -0.4 is 11.1 Å². The molecule has 0 bridgehead atoms. The number of hydrogen-bond acceptors (Lipinski definition) is 7. The molecule has 4 rings (SSSR count). The quantitative estimate of drug-likeness (QED) is 0.739. The molecule has 2 aromatic rings. The summed E-state index contributed by atoms with van der Waals surface area (Å²) < 4.78 is 24.9. The van der Waals surface area contributed by atoms with E-state index >= 15 is 0 Å². The fourth-order valence-electron chi connectivity index (χ4n) is 4.12. The lowest BCUT2D eigenvalue weighted by atomic mass is 9.77. The Morgan fingerprint density at radius 2 is 2.03 bits per heavy atom. The number of carbonyl (C=O) groups excluding carboxylic acids is 1. The first-order valence-electron chi connectivity index (χ1n) is 9.97. The Hall–Kier alpha value is -3.25. The van der Waals surface area contributed by atoms with Crippen molar-refractivity contribution in [2.24, 2.45) is 10.7 Å². The Kier molecular flexibility index (Phi) is 4.85. The van der Waals surface area contributed by atoms with Crippen molar-refractivity contribution in [2.75, 3.05) is 11.1 Å². The average molecular weight is 438 g/mol. The number of amidine groups is 1. The van der Waals surface area contributed by atoms with Gasteiger partial charge in [-0.05, 0) is 68.5 Å². The van der Waals surface area contributed by atoms with Gasteiger partial charge in [-0.25, -0.2) is 13.4 Å². The number of rotatable bonds is 2. The van der Waals surface area contributed by atoms with E-state index in [0.717, 1.165) is 24.0 Å². The number of nitrogens with two attached hydrogens (primary N) is 1. The number of hydrogen-bond donors (Lipinski definition) is 2. The van der Waals surface area contributed by atoms with Crippen LogP contribution in [0.15, 0.2) is 41.5 Å². The minimum Gasteiger partial charge on any atom is -0.386 e. The first-order chi connectivity index (χ1) is 14.6. The van der Waals surface area contributed by atoms with Crippen LogP contribution in [0.1, 0.15) is 53.9 Å². The summed E-state index contributed by atoms with van der Waals surface area (Å²) in [5.41, 5.74) is 8.05. The highest BCUT2D eigenvalue weighted by atomic mass is 32.2. The van der Waals surface area contributed by atoms with Crippen molar-refractivity contribution in [2.45, 2.75) is 43.4 Å². The molecule has 3 N–H and O–H groups in total. The predicted octanol–water partition coefficient (Wildman–Crippen LogP) is 2.30. The summed E-state index contributed by atoms with van der Waals surface area (Å²) >= 11 is 0. The molecule has 0 saturated heterocycles. The number of amides is 1. The lowest BCUT2D eigenvalue weighted by Gasteiger charge is -2.43. The molecule has 1 aromatic heterocycles. The molecule has 1 unspecified atom stereocenters. The van der Waals surface area contributed by atoms with E-state index in [-0.39, 0.29) is 17.3 Å². The minimum atomic E-state index is -3.53. The van der Waals surface area contributed by atoms with E-state index in [9.17, 15) is 13.2 Å². The van der Waals surface area contributed by atoms with Gasteiger partial charge in [0.2, 0.25) is 0 Å². The smallest absolute Gasteiger partial charge is 0.274 e. The summed E-state index contributed by atoms with van der Waals surface area (Å²) in [6, 6.07) is 10.4. The number of carbonyl (C=O) groups is 1. The zero-order valence-electron chi connectivity index (χ0n) is 17.3.